The fraction of sp³-hybridized carbons (Fsp3) is 0.538. The van der Waals surface area contributed by atoms with Crippen LogP contribution in [0.5, 0.6) is 0 Å². The summed E-state index contributed by atoms with van der Waals surface area (Å²) < 4.78 is 26.3. The van der Waals surface area contributed by atoms with Gasteiger partial charge in [-0.2, -0.15) is 11.8 Å². The summed E-state index contributed by atoms with van der Waals surface area (Å²) in [6.07, 6.45) is 1.54. The third-order valence-electron chi connectivity index (χ3n) is 3.38. The highest BCUT2D eigenvalue weighted by atomic mass is 32.2. The lowest BCUT2D eigenvalue weighted by molar-refractivity contribution is 0.132. The standard InChI is InChI=1S/C13H16F2OS/c1-13(5-2-6-17-13)12(16)8-9-7-10(14)3-4-11(9)15/h3-4,7,12,16H,2,5-6,8H2,1H3. The predicted octanol–water partition coefficient (Wildman–Crippen LogP) is 3.15. The molecule has 1 saturated heterocycles. The maximum absolute atomic E-state index is 13.5. The minimum Gasteiger partial charge on any atom is -0.391 e. The summed E-state index contributed by atoms with van der Waals surface area (Å²) in [6, 6.07) is 3.38. The number of hydrogen-bond acceptors (Lipinski definition) is 2. The van der Waals surface area contributed by atoms with Gasteiger partial charge in [-0.15, -0.1) is 0 Å². The Hall–Kier alpha value is -0.610. The van der Waals surface area contributed by atoms with Gasteiger partial charge in [-0.3, -0.25) is 0 Å². The Labute approximate surface area is 104 Å². The Morgan fingerprint density at radius 3 is 2.88 bits per heavy atom. The monoisotopic (exact) mass is 258 g/mol. The molecule has 17 heavy (non-hydrogen) atoms. The zero-order valence-corrected chi connectivity index (χ0v) is 10.6. The first-order valence-electron chi connectivity index (χ1n) is 5.77. The molecule has 1 heterocycles. The molecule has 1 nitrogen and oxygen atoms in total. The van der Waals surface area contributed by atoms with Crippen molar-refractivity contribution in [3.05, 3.63) is 35.4 Å². The summed E-state index contributed by atoms with van der Waals surface area (Å²) in [5, 5.41) is 10.2. The number of hydrogen-bond donors (Lipinski definition) is 1. The summed E-state index contributed by atoms with van der Waals surface area (Å²) in [5.41, 5.74) is 0.256. The number of rotatable bonds is 3. The van der Waals surface area contributed by atoms with Crippen LogP contribution in [0.4, 0.5) is 8.78 Å². The second kappa shape index (κ2) is 4.94. The normalized spacial score (nSPS) is 26.1. The van der Waals surface area contributed by atoms with Crippen molar-refractivity contribution >= 4 is 11.8 Å². The molecule has 2 unspecified atom stereocenters. The molecule has 4 heteroatoms. The maximum Gasteiger partial charge on any atom is 0.126 e. The van der Waals surface area contributed by atoms with Crippen LogP contribution in [0.1, 0.15) is 25.3 Å². The fourth-order valence-corrected chi connectivity index (χ4v) is 3.51. The van der Waals surface area contributed by atoms with Gasteiger partial charge in [0.25, 0.3) is 0 Å². The molecule has 1 aromatic rings. The quantitative estimate of drug-likeness (QED) is 0.898. The van der Waals surface area contributed by atoms with E-state index in [4.69, 9.17) is 0 Å². The molecule has 94 valence electrons. The number of halogens is 2. The number of aliphatic hydroxyl groups is 1. The van der Waals surface area contributed by atoms with Crippen molar-refractivity contribution in [2.24, 2.45) is 0 Å². The van der Waals surface area contributed by atoms with Crippen molar-refractivity contribution in [3.63, 3.8) is 0 Å². The Morgan fingerprint density at radius 1 is 1.47 bits per heavy atom. The summed E-state index contributed by atoms with van der Waals surface area (Å²) in [6.45, 7) is 1.99. The van der Waals surface area contributed by atoms with Crippen molar-refractivity contribution in [3.8, 4) is 0 Å². The molecule has 0 radical (unpaired) electrons. The molecule has 1 aromatic carbocycles. The Bertz CT molecular complexity index is 402. The van der Waals surface area contributed by atoms with E-state index in [9.17, 15) is 13.9 Å². The molecule has 1 fully saturated rings. The SMILES string of the molecule is CC1(C(O)Cc2cc(F)ccc2F)CCCS1. The van der Waals surface area contributed by atoms with Gasteiger partial charge in [0.2, 0.25) is 0 Å². The summed E-state index contributed by atoms with van der Waals surface area (Å²) >= 11 is 1.72. The van der Waals surface area contributed by atoms with Crippen LogP contribution < -0.4 is 0 Å². The van der Waals surface area contributed by atoms with Gasteiger partial charge in [-0.25, -0.2) is 8.78 Å². The first kappa shape index (κ1) is 12.8. The largest absolute Gasteiger partial charge is 0.391 e. The van der Waals surface area contributed by atoms with Crippen molar-refractivity contribution < 1.29 is 13.9 Å². The topological polar surface area (TPSA) is 20.2 Å². The van der Waals surface area contributed by atoms with E-state index in [1.54, 1.807) is 11.8 Å². The van der Waals surface area contributed by atoms with Crippen molar-refractivity contribution in [1.82, 2.24) is 0 Å². The molecule has 1 aliphatic rings. The van der Waals surface area contributed by atoms with Gasteiger partial charge >= 0.3 is 0 Å². The molecule has 0 amide bonds. The van der Waals surface area contributed by atoms with E-state index < -0.39 is 17.7 Å². The van der Waals surface area contributed by atoms with E-state index in [1.165, 1.54) is 6.07 Å². The third kappa shape index (κ3) is 2.80. The first-order valence-corrected chi connectivity index (χ1v) is 6.76. The maximum atomic E-state index is 13.5. The number of aliphatic hydroxyl groups excluding tert-OH is 1. The molecule has 2 rings (SSSR count). The molecule has 0 aliphatic carbocycles. The molecule has 0 saturated carbocycles. The molecule has 0 spiro atoms. The van der Waals surface area contributed by atoms with E-state index in [0.717, 1.165) is 30.7 Å². The molecule has 0 aromatic heterocycles. The first-order chi connectivity index (χ1) is 8.01. The highest BCUT2D eigenvalue weighted by Crippen LogP contribution is 2.41. The van der Waals surface area contributed by atoms with Crippen LogP contribution in [0.15, 0.2) is 18.2 Å². The average molecular weight is 258 g/mol. The fourth-order valence-electron chi connectivity index (χ4n) is 2.19. The highest BCUT2D eigenvalue weighted by molar-refractivity contribution is 8.00. The van der Waals surface area contributed by atoms with Crippen LogP contribution in [-0.2, 0) is 6.42 Å². The van der Waals surface area contributed by atoms with Crippen LogP contribution in [0, 0.1) is 11.6 Å². The van der Waals surface area contributed by atoms with E-state index in [1.807, 2.05) is 6.92 Å². The van der Waals surface area contributed by atoms with Crippen molar-refractivity contribution in [2.45, 2.75) is 37.0 Å². The minimum absolute atomic E-state index is 0.174. The van der Waals surface area contributed by atoms with E-state index in [-0.39, 0.29) is 16.7 Å². The van der Waals surface area contributed by atoms with E-state index >= 15 is 0 Å². The van der Waals surface area contributed by atoms with Gasteiger partial charge < -0.3 is 5.11 Å². The molecule has 1 aliphatic heterocycles. The van der Waals surface area contributed by atoms with Gasteiger partial charge in [0.05, 0.1) is 6.10 Å². The highest BCUT2D eigenvalue weighted by Gasteiger charge is 2.37. The lowest BCUT2D eigenvalue weighted by Crippen LogP contribution is -2.35. The summed E-state index contributed by atoms with van der Waals surface area (Å²) in [4.78, 5) is 0. The Morgan fingerprint density at radius 2 is 2.24 bits per heavy atom. The van der Waals surface area contributed by atoms with Crippen LogP contribution >= 0.6 is 11.8 Å². The number of benzene rings is 1. The van der Waals surface area contributed by atoms with Gasteiger partial charge in [0.1, 0.15) is 11.6 Å². The van der Waals surface area contributed by atoms with E-state index in [2.05, 4.69) is 0 Å². The molecule has 2 atom stereocenters. The summed E-state index contributed by atoms with van der Waals surface area (Å²) in [7, 11) is 0. The van der Waals surface area contributed by atoms with Gasteiger partial charge in [0.15, 0.2) is 0 Å². The Kier molecular flexibility index (Phi) is 3.73. The second-order valence-corrected chi connectivity index (χ2v) is 6.35. The average Bonchev–Trinajstić information content (AvgIpc) is 2.72. The van der Waals surface area contributed by atoms with Gasteiger partial charge in [-0.1, -0.05) is 0 Å². The lowest BCUT2D eigenvalue weighted by atomic mass is 9.93. The van der Waals surface area contributed by atoms with Crippen LogP contribution in [0.25, 0.3) is 0 Å². The van der Waals surface area contributed by atoms with E-state index in [0.29, 0.717) is 0 Å². The molecular formula is C13H16F2OS. The van der Waals surface area contributed by atoms with Crippen LogP contribution in [0.2, 0.25) is 0 Å². The second-order valence-electron chi connectivity index (χ2n) is 4.72. The van der Waals surface area contributed by atoms with Crippen LogP contribution in [0.3, 0.4) is 0 Å². The zero-order chi connectivity index (χ0) is 12.5. The zero-order valence-electron chi connectivity index (χ0n) is 9.75. The third-order valence-corrected chi connectivity index (χ3v) is 5.00. The number of thioether (sulfide) groups is 1. The minimum atomic E-state index is -0.633. The van der Waals surface area contributed by atoms with Crippen LogP contribution in [-0.4, -0.2) is 21.7 Å². The predicted molar refractivity (Wildman–Crippen MR) is 66.2 cm³/mol. The smallest absolute Gasteiger partial charge is 0.126 e. The van der Waals surface area contributed by atoms with Gasteiger partial charge in [0, 0.05) is 11.2 Å². The van der Waals surface area contributed by atoms with Gasteiger partial charge in [-0.05, 0) is 49.3 Å². The molecular weight excluding hydrogens is 242 g/mol. The van der Waals surface area contributed by atoms with Crippen molar-refractivity contribution in [1.29, 1.82) is 0 Å². The molecule has 0 bridgehead atoms. The lowest BCUT2D eigenvalue weighted by Gasteiger charge is -2.29. The molecule has 1 N–H and O–H groups in total. The Balaban J connectivity index is 2.12. The van der Waals surface area contributed by atoms with Crippen molar-refractivity contribution in [2.75, 3.05) is 5.75 Å². The summed E-state index contributed by atoms with van der Waals surface area (Å²) in [5.74, 6) is 0.119.